The molecule has 0 heterocycles. The SMILES string of the molecule is CSCCC(NC(=O)C(N)CC(N)=O)C(=O)NC(Cc1ccccc1)C(=O)NC(CC(N)=O)C(=O)O. The van der Waals surface area contributed by atoms with E-state index in [0.29, 0.717) is 11.3 Å². The second kappa shape index (κ2) is 15.4. The van der Waals surface area contributed by atoms with Gasteiger partial charge in [-0.2, -0.15) is 11.8 Å². The summed E-state index contributed by atoms with van der Waals surface area (Å²) in [5.74, 6) is -5.07. The fourth-order valence-electron chi connectivity index (χ4n) is 3.10. The van der Waals surface area contributed by atoms with Gasteiger partial charge >= 0.3 is 5.97 Å². The van der Waals surface area contributed by atoms with Crippen molar-refractivity contribution in [3.05, 3.63) is 35.9 Å². The molecule has 0 saturated carbocycles. The molecule has 0 fully saturated rings. The lowest BCUT2D eigenvalue weighted by Crippen LogP contribution is -2.58. The third-order valence-electron chi connectivity index (χ3n) is 4.94. The first-order valence-corrected chi connectivity index (χ1v) is 12.3. The molecule has 0 bridgehead atoms. The molecular weight excluding hydrogens is 492 g/mol. The maximum atomic E-state index is 13.1. The minimum Gasteiger partial charge on any atom is -0.480 e. The van der Waals surface area contributed by atoms with Crippen LogP contribution in [0.25, 0.3) is 0 Å². The summed E-state index contributed by atoms with van der Waals surface area (Å²) in [5, 5.41) is 16.5. The van der Waals surface area contributed by atoms with E-state index < -0.39 is 72.5 Å². The lowest BCUT2D eigenvalue weighted by atomic mass is 10.0. The summed E-state index contributed by atoms with van der Waals surface area (Å²) >= 11 is 1.41. The highest BCUT2D eigenvalue weighted by atomic mass is 32.2. The molecule has 1 aromatic carbocycles. The van der Waals surface area contributed by atoms with Gasteiger partial charge in [0.1, 0.15) is 18.1 Å². The van der Waals surface area contributed by atoms with E-state index >= 15 is 0 Å². The molecule has 14 heteroatoms. The number of hydrogen-bond acceptors (Lipinski definition) is 8. The Morgan fingerprint density at radius 1 is 0.833 bits per heavy atom. The van der Waals surface area contributed by atoms with Gasteiger partial charge in [0.2, 0.25) is 29.5 Å². The van der Waals surface area contributed by atoms with Crippen LogP contribution in [0, 0.1) is 0 Å². The van der Waals surface area contributed by atoms with Crippen molar-refractivity contribution < 1.29 is 33.9 Å². The smallest absolute Gasteiger partial charge is 0.326 e. The Balaban J connectivity index is 3.11. The molecule has 5 amide bonds. The molecule has 0 aliphatic heterocycles. The fraction of sp³-hybridized carbons (Fsp3) is 0.455. The first kappa shape index (κ1) is 30.4. The van der Waals surface area contributed by atoms with Gasteiger partial charge in [-0.3, -0.25) is 24.0 Å². The van der Waals surface area contributed by atoms with Crippen LogP contribution in [-0.2, 0) is 35.2 Å². The van der Waals surface area contributed by atoms with Crippen molar-refractivity contribution in [3.8, 4) is 0 Å². The number of primary amides is 2. The molecule has 0 aliphatic carbocycles. The molecule has 0 aromatic heterocycles. The highest BCUT2D eigenvalue weighted by Crippen LogP contribution is 2.07. The molecular formula is C22H32N6O7S. The van der Waals surface area contributed by atoms with Crippen molar-refractivity contribution in [2.24, 2.45) is 17.2 Å². The van der Waals surface area contributed by atoms with Gasteiger partial charge in [-0.15, -0.1) is 0 Å². The summed E-state index contributed by atoms with van der Waals surface area (Å²) in [5.41, 5.74) is 16.5. The number of carboxylic acids is 1. The summed E-state index contributed by atoms with van der Waals surface area (Å²) in [6, 6.07) is 3.42. The molecule has 13 nitrogen and oxygen atoms in total. The Morgan fingerprint density at radius 3 is 1.89 bits per heavy atom. The van der Waals surface area contributed by atoms with E-state index in [0.717, 1.165) is 0 Å². The van der Waals surface area contributed by atoms with Crippen LogP contribution < -0.4 is 33.2 Å². The van der Waals surface area contributed by atoms with Gasteiger partial charge in [0.25, 0.3) is 0 Å². The zero-order chi connectivity index (χ0) is 27.3. The Hall–Kier alpha value is -3.65. The van der Waals surface area contributed by atoms with Crippen LogP contribution in [0.15, 0.2) is 30.3 Å². The number of thioether (sulfide) groups is 1. The van der Waals surface area contributed by atoms with Gasteiger partial charge in [-0.1, -0.05) is 30.3 Å². The molecule has 0 saturated heterocycles. The van der Waals surface area contributed by atoms with E-state index in [1.807, 2.05) is 0 Å². The van der Waals surface area contributed by atoms with Crippen molar-refractivity contribution in [3.63, 3.8) is 0 Å². The topological polar surface area (TPSA) is 237 Å². The molecule has 36 heavy (non-hydrogen) atoms. The minimum absolute atomic E-state index is 0.00823. The quantitative estimate of drug-likeness (QED) is 0.122. The standard InChI is InChI=1S/C22H32N6O7S/c1-36-8-7-14(26-19(31)13(23)10-17(24)29)20(32)27-15(9-12-5-3-2-4-6-12)21(33)28-16(22(34)35)11-18(25)30/h2-6,13-16H,7-11,23H2,1H3,(H2,24,29)(H2,25,30)(H,26,31)(H,27,32)(H,28,33)(H,34,35). The first-order chi connectivity index (χ1) is 16.9. The third kappa shape index (κ3) is 11.2. The molecule has 4 atom stereocenters. The van der Waals surface area contributed by atoms with Crippen LogP contribution in [0.1, 0.15) is 24.8 Å². The van der Waals surface area contributed by atoms with Crippen molar-refractivity contribution in [2.45, 2.75) is 49.9 Å². The first-order valence-electron chi connectivity index (χ1n) is 10.9. The number of carboxylic acid groups (broad SMARTS) is 1. The predicted molar refractivity (Wildman–Crippen MR) is 132 cm³/mol. The molecule has 10 N–H and O–H groups in total. The lowest BCUT2D eigenvalue weighted by Gasteiger charge is -2.25. The molecule has 0 radical (unpaired) electrons. The van der Waals surface area contributed by atoms with Gasteiger partial charge in [-0.25, -0.2) is 4.79 Å². The maximum Gasteiger partial charge on any atom is 0.326 e. The molecule has 0 spiro atoms. The van der Waals surface area contributed by atoms with Gasteiger partial charge in [0.15, 0.2) is 0 Å². The number of benzene rings is 1. The van der Waals surface area contributed by atoms with E-state index in [4.69, 9.17) is 17.2 Å². The van der Waals surface area contributed by atoms with Gasteiger partial charge in [-0.05, 0) is 24.0 Å². The molecule has 198 valence electrons. The zero-order valence-electron chi connectivity index (χ0n) is 19.8. The average Bonchev–Trinajstić information content (AvgIpc) is 2.80. The highest BCUT2D eigenvalue weighted by Gasteiger charge is 2.31. The van der Waals surface area contributed by atoms with Crippen LogP contribution in [0.3, 0.4) is 0 Å². The number of amides is 5. The maximum absolute atomic E-state index is 13.1. The fourth-order valence-corrected chi connectivity index (χ4v) is 3.57. The van der Waals surface area contributed by atoms with Crippen LogP contribution >= 0.6 is 11.8 Å². The second-order valence-corrected chi connectivity index (χ2v) is 8.93. The third-order valence-corrected chi connectivity index (χ3v) is 5.58. The van der Waals surface area contributed by atoms with E-state index in [9.17, 15) is 33.9 Å². The van der Waals surface area contributed by atoms with Crippen LogP contribution in [0.5, 0.6) is 0 Å². The Labute approximate surface area is 212 Å². The zero-order valence-corrected chi connectivity index (χ0v) is 20.6. The predicted octanol–water partition coefficient (Wildman–Crippen LogP) is -2.40. The highest BCUT2D eigenvalue weighted by molar-refractivity contribution is 7.98. The minimum atomic E-state index is -1.59. The number of hydrogen-bond donors (Lipinski definition) is 7. The van der Waals surface area contributed by atoms with Gasteiger partial charge in [0, 0.05) is 6.42 Å². The monoisotopic (exact) mass is 524 g/mol. The van der Waals surface area contributed by atoms with Crippen LogP contribution in [-0.4, -0.2) is 76.8 Å². The van der Waals surface area contributed by atoms with Crippen molar-refractivity contribution >= 4 is 47.3 Å². The van der Waals surface area contributed by atoms with Crippen molar-refractivity contribution in [2.75, 3.05) is 12.0 Å². The Kier molecular flexibility index (Phi) is 13.0. The summed E-state index contributed by atoms with van der Waals surface area (Å²) in [7, 11) is 0. The number of carbonyl (C=O) groups is 6. The van der Waals surface area contributed by atoms with Crippen LogP contribution in [0.2, 0.25) is 0 Å². The summed E-state index contributed by atoms with van der Waals surface area (Å²) in [6.07, 6.45) is 0.911. The van der Waals surface area contributed by atoms with Gasteiger partial charge < -0.3 is 38.3 Å². The molecule has 4 unspecified atom stereocenters. The normalized spacial score (nSPS) is 13.9. The number of carbonyl (C=O) groups excluding carboxylic acids is 5. The number of aliphatic carboxylic acids is 1. The molecule has 0 aliphatic rings. The van der Waals surface area contributed by atoms with Gasteiger partial charge in [0.05, 0.1) is 18.9 Å². The average molecular weight is 525 g/mol. The number of nitrogens with one attached hydrogen (secondary N) is 3. The van der Waals surface area contributed by atoms with Crippen molar-refractivity contribution in [1.29, 1.82) is 0 Å². The number of nitrogens with two attached hydrogens (primary N) is 3. The molecule has 1 aromatic rings. The van der Waals surface area contributed by atoms with Crippen LogP contribution in [0.4, 0.5) is 0 Å². The largest absolute Gasteiger partial charge is 0.480 e. The van der Waals surface area contributed by atoms with E-state index in [-0.39, 0.29) is 12.8 Å². The Morgan fingerprint density at radius 2 is 1.36 bits per heavy atom. The number of rotatable bonds is 16. The van der Waals surface area contributed by atoms with Crippen molar-refractivity contribution in [1.82, 2.24) is 16.0 Å². The van der Waals surface area contributed by atoms with E-state index in [1.54, 1.807) is 36.6 Å². The molecule has 1 rings (SSSR count). The van der Waals surface area contributed by atoms with E-state index in [2.05, 4.69) is 16.0 Å². The summed E-state index contributed by atoms with van der Waals surface area (Å²) in [4.78, 5) is 72.2. The van der Waals surface area contributed by atoms with E-state index in [1.165, 1.54) is 11.8 Å². The summed E-state index contributed by atoms with van der Waals surface area (Å²) in [6.45, 7) is 0. The Bertz CT molecular complexity index is 946. The lowest BCUT2D eigenvalue weighted by molar-refractivity contribution is -0.143. The second-order valence-electron chi connectivity index (χ2n) is 7.94. The summed E-state index contributed by atoms with van der Waals surface area (Å²) < 4.78 is 0.